The fourth-order valence-corrected chi connectivity index (χ4v) is 9.28. The minimum absolute atomic E-state index is 0.0135. The second-order valence-electron chi connectivity index (χ2n) is 16.0. The van der Waals surface area contributed by atoms with Gasteiger partial charge in [0.25, 0.3) is 0 Å². The molecule has 10 rings (SSSR count). The molecule has 3 atom stereocenters. The minimum Gasteiger partial charge on any atom is -0.387 e. The molecule has 4 N–H and O–H groups in total. The third kappa shape index (κ3) is 7.36. The van der Waals surface area contributed by atoms with Crippen molar-refractivity contribution >= 4 is 39.6 Å². The molecule has 0 spiro atoms. The first-order chi connectivity index (χ1) is 30.1. The van der Waals surface area contributed by atoms with E-state index in [4.69, 9.17) is 0 Å². The lowest BCUT2D eigenvalue weighted by molar-refractivity contribution is 0.542. The predicted molar refractivity (Wildman–Crippen MR) is 256 cm³/mol. The first-order valence-corrected chi connectivity index (χ1v) is 21.3. The van der Waals surface area contributed by atoms with E-state index in [1.165, 1.54) is 66.7 Å². The fraction of sp³-hybridized carbons (Fsp3) is 0.127. The van der Waals surface area contributed by atoms with E-state index in [-0.39, 0.29) is 18.2 Å². The van der Waals surface area contributed by atoms with Crippen LogP contribution in [0.25, 0.3) is 44.8 Å². The molecular weight excluding hydrogens is 745 g/mol. The molecule has 3 aliphatic heterocycles. The van der Waals surface area contributed by atoms with Gasteiger partial charge in [0.15, 0.2) is 0 Å². The number of dihydropyridines is 1. The molecule has 3 unspecified atom stereocenters. The summed E-state index contributed by atoms with van der Waals surface area (Å²) in [7, 11) is 4.28. The van der Waals surface area contributed by atoms with E-state index in [0.717, 1.165) is 30.0 Å². The van der Waals surface area contributed by atoms with Crippen molar-refractivity contribution in [2.75, 3.05) is 23.9 Å². The number of fused-ring (bicyclic) bond motifs is 6. The van der Waals surface area contributed by atoms with Crippen LogP contribution < -0.4 is 31.1 Å². The van der Waals surface area contributed by atoms with Crippen LogP contribution in [-0.2, 0) is 13.1 Å². The number of benzene rings is 7. The van der Waals surface area contributed by atoms with Crippen molar-refractivity contribution < 1.29 is 0 Å². The first-order valence-electron chi connectivity index (χ1n) is 21.3. The highest BCUT2D eigenvalue weighted by molar-refractivity contribution is 6.10. The summed E-state index contributed by atoms with van der Waals surface area (Å²) < 4.78 is 0. The lowest BCUT2D eigenvalue weighted by Crippen LogP contribution is -2.52. The molecule has 300 valence electrons. The molecular formula is C55H50N6. The van der Waals surface area contributed by atoms with Gasteiger partial charge >= 0.3 is 0 Å². The Kier molecular flexibility index (Phi) is 10.4. The van der Waals surface area contributed by atoms with Crippen LogP contribution in [0.2, 0.25) is 0 Å². The molecule has 0 fully saturated rings. The van der Waals surface area contributed by atoms with Gasteiger partial charge in [-0.05, 0) is 99.7 Å². The van der Waals surface area contributed by atoms with Crippen molar-refractivity contribution in [2.45, 2.75) is 31.3 Å². The number of hydrogen-bond donors (Lipinski definition) is 4. The van der Waals surface area contributed by atoms with Crippen LogP contribution >= 0.6 is 0 Å². The molecule has 6 heteroatoms. The Balaban J connectivity index is 0.970. The van der Waals surface area contributed by atoms with Crippen LogP contribution in [0.1, 0.15) is 33.9 Å². The smallest absolute Gasteiger partial charge is 0.130 e. The van der Waals surface area contributed by atoms with Crippen LogP contribution in [0.4, 0.5) is 17.1 Å². The maximum absolute atomic E-state index is 3.79. The van der Waals surface area contributed by atoms with Crippen molar-refractivity contribution in [3.8, 4) is 22.3 Å². The minimum atomic E-state index is 0.0135. The van der Waals surface area contributed by atoms with Gasteiger partial charge < -0.3 is 31.1 Å². The number of anilines is 3. The summed E-state index contributed by atoms with van der Waals surface area (Å²) in [5.74, 6) is 0. The zero-order valence-electron chi connectivity index (χ0n) is 34.6. The van der Waals surface area contributed by atoms with Gasteiger partial charge in [0.2, 0.25) is 0 Å². The quantitative estimate of drug-likeness (QED) is 0.105. The summed E-state index contributed by atoms with van der Waals surface area (Å²) >= 11 is 0. The summed E-state index contributed by atoms with van der Waals surface area (Å²) in [4.78, 5) is 5.03. The molecule has 0 aromatic heterocycles. The second-order valence-corrected chi connectivity index (χ2v) is 16.0. The van der Waals surface area contributed by atoms with E-state index in [2.05, 4.69) is 239 Å². The number of nitrogens with one attached hydrogen (secondary N) is 4. The highest BCUT2D eigenvalue weighted by Crippen LogP contribution is 2.52. The normalized spacial score (nSPS) is 17.1. The molecule has 61 heavy (non-hydrogen) atoms. The number of hydrogen-bond acceptors (Lipinski definition) is 6. The number of rotatable bonds is 11. The molecule has 0 amide bonds. The molecule has 0 bridgehead atoms. The maximum Gasteiger partial charge on any atom is 0.130 e. The fourth-order valence-electron chi connectivity index (χ4n) is 9.28. The Labute approximate surface area is 359 Å². The van der Waals surface area contributed by atoms with Crippen LogP contribution in [0.5, 0.6) is 0 Å². The van der Waals surface area contributed by atoms with Gasteiger partial charge in [-0.25, -0.2) is 0 Å². The summed E-state index contributed by atoms with van der Waals surface area (Å²) in [6.07, 6.45) is 15.2. The molecule has 0 saturated heterocycles. The van der Waals surface area contributed by atoms with Crippen LogP contribution in [0.15, 0.2) is 194 Å². The van der Waals surface area contributed by atoms with Crippen LogP contribution in [0.3, 0.4) is 0 Å². The van der Waals surface area contributed by atoms with Crippen molar-refractivity contribution in [3.05, 3.63) is 222 Å². The first kappa shape index (κ1) is 38.0. The van der Waals surface area contributed by atoms with Crippen molar-refractivity contribution in [1.82, 2.24) is 21.3 Å². The highest BCUT2D eigenvalue weighted by atomic mass is 15.4. The van der Waals surface area contributed by atoms with Gasteiger partial charge in [0.1, 0.15) is 6.17 Å². The Morgan fingerprint density at radius 2 is 1.33 bits per heavy atom. The Morgan fingerprint density at radius 1 is 0.689 bits per heavy atom. The largest absolute Gasteiger partial charge is 0.387 e. The standard InChI is InChI=1S/C55H50N6/c1-56-51(43-24-20-40(21-25-43)39-15-7-4-8-16-39)35-52(59-36-38-13-5-3-6-14-38)44-26-22-41(23-27-44)42-28-30-45(31-29-42)61-54-48-18-10-9-17-46(48)47-32-34-57-37-49(47)53(54)60(2)55(61)50-19-11-12-33-58-50/h3-35,50-51,55-59H,36-37H2,1-2H3/b52-35-. The van der Waals surface area contributed by atoms with Crippen LogP contribution in [0, 0.1) is 0 Å². The third-order valence-electron chi connectivity index (χ3n) is 12.4. The van der Waals surface area contributed by atoms with E-state index in [1.807, 2.05) is 7.05 Å². The summed E-state index contributed by atoms with van der Waals surface area (Å²) in [6.45, 7) is 1.52. The van der Waals surface area contributed by atoms with Crippen LogP contribution in [-0.4, -0.2) is 26.3 Å². The number of nitrogens with zero attached hydrogens (tertiary/aromatic N) is 2. The monoisotopic (exact) mass is 794 g/mol. The van der Waals surface area contributed by atoms with Gasteiger partial charge in [-0.1, -0.05) is 158 Å². The SMILES string of the molecule is CNC(/C=C(\NCc1ccccc1)c1ccc(-c2ccc(N3c4c(c5c(c6ccccc46)C=CNC5)N(C)C3C3C=CC=CN3)cc2)cc1)c1ccc(-c2ccccc2)cc1. The number of likely N-dealkylation sites (N-methyl/N-ethyl adjacent to an activating group) is 2. The zero-order chi connectivity index (χ0) is 41.1. The molecule has 0 aliphatic carbocycles. The van der Waals surface area contributed by atoms with Gasteiger partial charge in [-0.15, -0.1) is 0 Å². The lowest BCUT2D eigenvalue weighted by Gasteiger charge is -2.37. The summed E-state index contributed by atoms with van der Waals surface area (Å²) in [5, 5.41) is 17.1. The van der Waals surface area contributed by atoms with Crippen molar-refractivity contribution in [3.63, 3.8) is 0 Å². The molecule has 3 aliphatic rings. The van der Waals surface area contributed by atoms with Gasteiger partial charge in [0.05, 0.1) is 23.5 Å². The average Bonchev–Trinajstić information content (AvgIpc) is 3.65. The van der Waals surface area contributed by atoms with Crippen molar-refractivity contribution in [1.29, 1.82) is 0 Å². The topological polar surface area (TPSA) is 54.6 Å². The number of allylic oxidation sites excluding steroid dienone is 2. The van der Waals surface area contributed by atoms with E-state index in [0.29, 0.717) is 0 Å². The zero-order valence-corrected chi connectivity index (χ0v) is 34.6. The van der Waals surface area contributed by atoms with E-state index < -0.39 is 0 Å². The Hall–Kier alpha value is -7.28. The summed E-state index contributed by atoms with van der Waals surface area (Å²) in [5.41, 5.74) is 15.8. The predicted octanol–water partition coefficient (Wildman–Crippen LogP) is 11.3. The highest BCUT2D eigenvalue weighted by Gasteiger charge is 2.42. The lowest BCUT2D eigenvalue weighted by atomic mass is 9.93. The van der Waals surface area contributed by atoms with E-state index in [1.54, 1.807) is 0 Å². The molecule has 3 heterocycles. The Morgan fingerprint density at radius 3 is 2.02 bits per heavy atom. The molecule has 6 nitrogen and oxygen atoms in total. The van der Waals surface area contributed by atoms with E-state index in [9.17, 15) is 0 Å². The maximum atomic E-state index is 3.79. The van der Waals surface area contributed by atoms with Crippen molar-refractivity contribution in [2.24, 2.45) is 0 Å². The van der Waals surface area contributed by atoms with Gasteiger partial charge in [-0.2, -0.15) is 0 Å². The molecule has 0 saturated carbocycles. The van der Waals surface area contributed by atoms with Gasteiger partial charge in [-0.3, -0.25) is 0 Å². The average molecular weight is 795 g/mol. The van der Waals surface area contributed by atoms with E-state index >= 15 is 0 Å². The van der Waals surface area contributed by atoms with Gasteiger partial charge in [0, 0.05) is 42.5 Å². The molecule has 7 aromatic carbocycles. The second kappa shape index (κ2) is 16.8. The summed E-state index contributed by atoms with van der Waals surface area (Å²) in [6, 6.07) is 57.1. The third-order valence-corrected chi connectivity index (χ3v) is 12.4. The molecule has 7 aromatic rings. The Bertz CT molecular complexity index is 2770. The molecule has 0 radical (unpaired) electrons.